The van der Waals surface area contributed by atoms with E-state index in [4.69, 9.17) is 18.3 Å². The molecule has 0 bridgehead atoms. The van der Waals surface area contributed by atoms with Crippen LogP contribution in [0.25, 0.3) is 0 Å². The topological polar surface area (TPSA) is 36.9 Å². The summed E-state index contributed by atoms with van der Waals surface area (Å²) < 4.78 is 26.7. The summed E-state index contributed by atoms with van der Waals surface area (Å²) in [6, 6.07) is 0. The van der Waals surface area contributed by atoms with Crippen LogP contribution in [0.4, 0.5) is 0 Å². The smallest absolute Gasteiger partial charge is 0.147 e. The fourth-order valence-electron chi connectivity index (χ4n) is 2.74. The molecule has 154 valence electrons. The first-order valence-corrected chi connectivity index (χ1v) is 17.9. The second-order valence-corrected chi connectivity index (χ2v) is 20.6. The van der Waals surface area contributed by atoms with Gasteiger partial charge in [0.25, 0.3) is 0 Å². The predicted molar refractivity (Wildman–Crippen MR) is 117 cm³/mol. The van der Waals surface area contributed by atoms with Crippen LogP contribution in [-0.2, 0) is 41.6 Å². The van der Waals surface area contributed by atoms with Crippen LogP contribution in [0.2, 0.25) is 39.3 Å². The summed E-state index contributed by atoms with van der Waals surface area (Å²) in [6.45, 7) is 13.2. The van der Waals surface area contributed by atoms with Gasteiger partial charge in [-0.15, -0.1) is 24.8 Å². The molecule has 0 fully saturated rings. The van der Waals surface area contributed by atoms with Gasteiger partial charge in [0.2, 0.25) is 0 Å². The third-order valence-electron chi connectivity index (χ3n) is 3.52. The van der Waals surface area contributed by atoms with E-state index in [9.17, 15) is 0 Å². The molecule has 4 nitrogen and oxygen atoms in total. The Bertz CT molecular complexity index is 603. The Balaban J connectivity index is 0.00000338. The van der Waals surface area contributed by atoms with Gasteiger partial charge in [0.05, 0.1) is 0 Å². The molecule has 2 rings (SSSR count). The maximum absolute atomic E-state index is 6.20. The molecule has 0 N–H and O–H groups in total. The second kappa shape index (κ2) is 10.7. The average molecular weight is 531 g/mol. The summed E-state index contributed by atoms with van der Waals surface area (Å²) in [5.41, 5.74) is 0. The molecule has 27 heavy (non-hydrogen) atoms. The van der Waals surface area contributed by atoms with Crippen LogP contribution >= 0.6 is 24.8 Å². The van der Waals surface area contributed by atoms with E-state index in [0.29, 0.717) is 0 Å². The van der Waals surface area contributed by atoms with Crippen molar-refractivity contribution in [3.8, 4) is 0 Å². The van der Waals surface area contributed by atoms with Gasteiger partial charge >= 0.3 is 166 Å². The molecule has 0 atom stereocenters. The second-order valence-electron chi connectivity index (χ2n) is 8.12. The Labute approximate surface area is 190 Å². The van der Waals surface area contributed by atoms with Crippen molar-refractivity contribution >= 4 is 41.4 Å². The van der Waals surface area contributed by atoms with Crippen LogP contribution in [0, 0.1) is 0 Å². The number of methoxy groups -OCH3 is 2. The van der Waals surface area contributed by atoms with Crippen LogP contribution in [0.15, 0.2) is 41.8 Å². The van der Waals surface area contributed by atoms with Gasteiger partial charge < -0.3 is 0 Å². The average Bonchev–Trinajstić information content (AvgIpc) is 3.00. The molecule has 0 saturated carbocycles. The van der Waals surface area contributed by atoms with Gasteiger partial charge in [0.15, 0.2) is 0 Å². The van der Waals surface area contributed by atoms with Crippen LogP contribution in [0.5, 0.6) is 0 Å². The van der Waals surface area contributed by atoms with Crippen LogP contribution in [-0.4, -0.2) is 30.9 Å². The normalized spacial score (nSPS) is 16.9. The van der Waals surface area contributed by atoms with Gasteiger partial charge in [-0.3, -0.25) is 0 Å². The minimum absolute atomic E-state index is 0. The van der Waals surface area contributed by atoms with Gasteiger partial charge in [-0.1, -0.05) is 0 Å². The number of hydrogen-bond acceptors (Lipinski definition) is 4. The summed E-state index contributed by atoms with van der Waals surface area (Å²) in [7, 11) is 0.223. The number of allylic oxidation sites excluding steroid dienone is 4. The van der Waals surface area contributed by atoms with Crippen molar-refractivity contribution < 1.29 is 41.6 Å². The Morgan fingerprint density at radius 1 is 0.704 bits per heavy atom. The molecule has 0 aromatic rings. The van der Waals surface area contributed by atoms with E-state index in [-0.39, 0.29) is 24.8 Å². The van der Waals surface area contributed by atoms with Crippen molar-refractivity contribution in [3.63, 3.8) is 0 Å². The molecule has 0 aromatic carbocycles. The van der Waals surface area contributed by atoms with Crippen molar-refractivity contribution in [2.24, 2.45) is 0 Å². The van der Waals surface area contributed by atoms with Crippen molar-refractivity contribution in [2.75, 3.05) is 14.2 Å². The molecule has 9 heteroatoms. The van der Waals surface area contributed by atoms with Gasteiger partial charge in [-0.05, 0) is 0 Å². The third-order valence-corrected chi connectivity index (χ3v) is 8.79. The maximum Gasteiger partial charge on any atom is -0.147 e. The quantitative estimate of drug-likeness (QED) is 0.366. The van der Waals surface area contributed by atoms with Crippen LogP contribution < -0.4 is 0 Å². The van der Waals surface area contributed by atoms with Crippen molar-refractivity contribution in [2.45, 2.75) is 52.1 Å². The minimum atomic E-state index is -1.64. The molecule has 0 heterocycles. The summed E-state index contributed by atoms with van der Waals surface area (Å²) in [6.07, 6.45) is 6.25. The molecule has 0 saturated heterocycles. The molecule has 2 aliphatic rings. The van der Waals surface area contributed by atoms with E-state index in [1.807, 2.05) is 0 Å². The first kappa shape index (κ1) is 27.1. The zero-order valence-electron chi connectivity index (χ0n) is 17.5. The number of halogens is 2. The molecule has 0 unspecified atom stereocenters. The monoisotopic (exact) mass is 528 g/mol. The minimum Gasteiger partial charge on any atom is -0.147 e. The molecule has 0 aromatic heterocycles. The van der Waals surface area contributed by atoms with Gasteiger partial charge in [0.1, 0.15) is 0 Å². The summed E-state index contributed by atoms with van der Waals surface area (Å²) in [4.78, 5) is 0. The summed E-state index contributed by atoms with van der Waals surface area (Å²) in [5.74, 6) is 3.83. The Morgan fingerprint density at radius 2 is 1.04 bits per heavy atom. The maximum atomic E-state index is 6.20. The number of rotatable bonds is 8. The van der Waals surface area contributed by atoms with E-state index < -0.39 is 39.9 Å². The predicted octanol–water partition coefficient (Wildman–Crippen LogP) is 5.91. The molecular formula is C18H32Cl2O4Si2Zr. The van der Waals surface area contributed by atoms with E-state index in [2.05, 4.69) is 51.4 Å². The van der Waals surface area contributed by atoms with Gasteiger partial charge in [-0.2, -0.15) is 0 Å². The van der Waals surface area contributed by atoms with Gasteiger partial charge in [-0.25, -0.2) is 0 Å². The number of hydrogen-bond donors (Lipinski definition) is 0. The fraction of sp³-hybridized carbons (Fsp3) is 0.556. The first-order chi connectivity index (χ1) is 11.5. The van der Waals surface area contributed by atoms with E-state index in [0.717, 1.165) is 35.9 Å². The Hall–Kier alpha value is 0.0569. The van der Waals surface area contributed by atoms with Crippen molar-refractivity contribution in [1.82, 2.24) is 0 Å². The summed E-state index contributed by atoms with van der Waals surface area (Å²) >= 11 is -0.977. The van der Waals surface area contributed by atoms with Gasteiger partial charge in [0, 0.05) is 0 Å². The fourth-order valence-corrected chi connectivity index (χ4v) is 7.97. The van der Waals surface area contributed by atoms with Crippen molar-refractivity contribution in [1.29, 1.82) is 0 Å². The van der Waals surface area contributed by atoms with Crippen LogP contribution in [0.3, 0.4) is 0 Å². The SMILES string of the molecule is COC1=[C]([Zr][C]2=C(OC)C(O[Si](C)(C)C)=CC2)CC=C1O[Si](C)(C)C.Cl.Cl. The summed E-state index contributed by atoms with van der Waals surface area (Å²) in [5, 5.41) is 0. The van der Waals surface area contributed by atoms with E-state index >= 15 is 0 Å². The first-order valence-electron chi connectivity index (χ1n) is 8.64. The molecule has 2 aliphatic carbocycles. The molecule has 0 aliphatic heterocycles. The molecule has 0 spiro atoms. The standard InChI is InChI=1S/2C9H15O2Si.2ClH.Zr/c2*1-10-8-6-5-7-9(8)11-12(2,3)4;;;/h2*7H,5H2,1-4H3;2*1H;. The zero-order valence-corrected chi connectivity index (χ0v) is 23.6. The third kappa shape index (κ3) is 7.77. The number of ether oxygens (including phenoxy) is 2. The van der Waals surface area contributed by atoms with Crippen LogP contribution in [0.1, 0.15) is 12.8 Å². The van der Waals surface area contributed by atoms with E-state index in [1.165, 1.54) is 6.56 Å². The van der Waals surface area contributed by atoms with Crippen molar-refractivity contribution in [3.05, 3.63) is 41.8 Å². The van der Waals surface area contributed by atoms with E-state index in [1.54, 1.807) is 14.2 Å². The largest absolute Gasteiger partial charge is 0.147 e. The Kier molecular flexibility index (Phi) is 10.7. The zero-order chi connectivity index (χ0) is 18.8. The molecule has 0 amide bonds. The Morgan fingerprint density at radius 3 is 1.30 bits per heavy atom. The molecule has 0 radical (unpaired) electrons. The molecular weight excluding hydrogens is 498 g/mol.